The van der Waals surface area contributed by atoms with Crippen LogP contribution in [-0.2, 0) is 6.42 Å². The molecule has 1 saturated heterocycles. The highest BCUT2D eigenvalue weighted by Gasteiger charge is 2.24. The van der Waals surface area contributed by atoms with E-state index in [1.807, 2.05) is 61.5 Å². The number of carbonyl (C=O) groups is 1. The van der Waals surface area contributed by atoms with Crippen LogP contribution in [0, 0.1) is 6.92 Å². The van der Waals surface area contributed by atoms with Crippen LogP contribution in [-0.4, -0.2) is 29.2 Å². The van der Waals surface area contributed by atoms with Crippen molar-refractivity contribution in [1.29, 1.82) is 0 Å². The second kappa shape index (κ2) is 9.57. The van der Waals surface area contributed by atoms with Crippen molar-refractivity contribution >= 4 is 11.9 Å². The van der Waals surface area contributed by atoms with Crippen molar-refractivity contribution in [2.24, 2.45) is 0 Å². The molecule has 1 aliphatic heterocycles. The molecule has 1 atom stereocenters. The zero-order valence-corrected chi connectivity index (χ0v) is 17.4. The van der Waals surface area contributed by atoms with Crippen molar-refractivity contribution in [3.8, 4) is 0 Å². The number of rotatable bonds is 6. The molecule has 2 aromatic carbocycles. The summed E-state index contributed by atoms with van der Waals surface area (Å²) in [6.07, 6.45) is 5.33. The van der Waals surface area contributed by atoms with E-state index >= 15 is 0 Å². The molecular formula is C24H28N4O2. The van der Waals surface area contributed by atoms with Gasteiger partial charge in [0.05, 0.1) is 0 Å². The van der Waals surface area contributed by atoms with E-state index in [-0.39, 0.29) is 5.91 Å². The van der Waals surface area contributed by atoms with Crippen LogP contribution in [0.15, 0.2) is 59.0 Å². The molecule has 6 nitrogen and oxygen atoms in total. The van der Waals surface area contributed by atoms with E-state index in [0.29, 0.717) is 23.9 Å². The Morgan fingerprint density at radius 2 is 1.80 bits per heavy atom. The molecule has 0 aliphatic carbocycles. The molecule has 30 heavy (non-hydrogen) atoms. The van der Waals surface area contributed by atoms with Gasteiger partial charge in [0, 0.05) is 25.1 Å². The number of hydrogen-bond acceptors (Lipinski definition) is 5. The van der Waals surface area contributed by atoms with E-state index in [0.717, 1.165) is 37.1 Å². The summed E-state index contributed by atoms with van der Waals surface area (Å²) in [4.78, 5) is 15.1. The van der Waals surface area contributed by atoms with Crippen LogP contribution < -0.4 is 10.2 Å². The molecule has 1 fully saturated rings. The van der Waals surface area contributed by atoms with Crippen molar-refractivity contribution in [2.45, 2.75) is 45.1 Å². The summed E-state index contributed by atoms with van der Waals surface area (Å²) in [7, 11) is 0. The van der Waals surface area contributed by atoms with Crippen LogP contribution >= 0.6 is 0 Å². The third kappa shape index (κ3) is 5.06. The van der Waals surface area contributed by atoms with E-state index in [4.69, 9.17) is 4.42 Å². The first-order valence-corrected chi connectivity index (χ1v) is 10.7. The van der Waals surface area contributed by atoms with Crippen molar-refractivity contribution in [2.75, 3.05) is 18.0 Å². The normalized spacial score (nSPS) is 15.4. The number of nitrogens with zero attached hydrogens (tertiary/aromatic N) is 3. The van der Waals surface area contributed by atoms with Crippen molar-refractivity contribution < 1.29 is 9.21 Å². The van der Waals surface area contributed by atoms with Gasteiger partial charge in [0.15, 0.2) is 0 Å². The number of aromatic nitrogens is 2. The first kappa shape index (κ1) is 20.1. The topological polar surface area (TPSA) is 71.3 Å². The third-order valence-corrected chi connectivity index (χ3v) is 5.47. The van der Waals surface area contributed by atoms with Crippen LogP contribution in [0.25, 0.3) is 0 Å². The molecule has 0 unspecified atom stereocenters. The van der Waals surface area contributed by atoms with Gasteiger partial charge in [-0.1, -0.05) is 66.0 Å². The fourth-order valence-corrected chi connectivity index (χ4v) is 3.83. The maximum atomic E-state index is 12.9. The average Bonchev–Trinajstić information content (AvgIpc) is 3.09. The summed E-state index contributed by atoms with van der Waals surface area (Å²) in [5.41, 5.74) is 2.77. The number of hydrogen-bond donors (Lipinski definition) is 1. The summed E-state index contributed by atoms with van der Waals surface area (Å²) in [6.45, 7) is 3.84. The Bertz CT molecular complexity index is 962. The summed E-state index contributed by atoms with van der Waals surface area (Å²) in [5.74, 6) is 0.299. The molecule has 1 N–H and O–H groups in total. The van der Waals surface area contributed by atoms with Gasteiger partial charge < -0.3 is 14.6 Å². The molecule has 6 heteroatoms. The fraction of sp³-hybridized carbons (Fsp3) is 0.375. The molecule has 4 rings (SSSR count). The van der Waals surface area contributed by atoms with Gasteiger partial charge in [-0.3, -0.25) is 4.79 Å². The Labute approximate surface area is 177 Å². The van der Waals surface area contributed by atoms with Gasteiger partial charge in [-0.15, -0.1) is 5.10 Å². The molecule has 1 amide bonds. The van der Waals surface area contributed by atoms with Gasteiger partial charge >= 0.3 is 6.01 Å². The maximum Gasteiger partial charge on any atom is 0.318 e. The highest BCUT2D eigenvalue weighted by atomic mass is 16.4. The molecule has 1 aromatic heterocycles. The molecule has 0 saturated carbocycles. The van der Waals surface area contributed by atoms with E-state index < -0.39 is 6.04 Å². The molecule has 156 valence electrons. The summed E-state index contributed by atoms with van der Waals surface area (Å²) < 4.78 is 6.06. The Morgan fingerprint density at radius 3 is 2.53 bits per heavy atom. The molecule has 0 bridgehead atoms. The predicted molar refractivity (Wildman–Crippen MR) is 117 cm³/mol. The Kier molecular flexibility index (Phi) is 6.42. The number of amides is 1. The summed E-state index contributed by atoms with van der Waals surface area (Å²) >= 11 is 0. The minimum atomic E-state index is -0.395. The highest BCUT2D eigenvalue weighted by Crippen LogP contribution is 2.23. The SMILES string of the molecule is Cc1cccc(C(=O)N[C@H](Cc2ccccc2)c2nnc(N3CCCCCC3)o2)c1. The van der Waals surface area contributed by atoms with Crippen LogP contribution in [0.3, 0.4) is 0 Å². The van der Waals surface area contributed by atoms with E-state index in [1.54, 1.807) is 0 Å². The van der Waals surface area contributed by atoms with Crippen LogP contribution in [0.5, 0.6) is 0 Å². The lowest BCUT2D eigenvalue weighted by atomic mass is 10.0. The van der Waals surface area contributed by atoms with Gasteiger partial charge in [0.25, 0.3) is 5.91 Å². The third-order valence-electron chi connectivity index (χ3n) is 5.47. The van der Waals surface area contributed by atoms with Gasteiger partial charge in [0.2, 0.25) is 5.89 Å². The van der Waals surface area contributed by atoms with Gasteiger partial charge in [-0.25, -0.2) is 0 Å². The monoisotopic (exact) mass is 404 g/mol. The lowest BCUT2D eigenvalue weighted by Crippen LogP contribution is -2.30. The molecule has 0 spiro atoms. The smallest absolute Gasteiger partial charge is 0.318 e. The largest absolute Gasteiger partial charge is 0.406 e. The van der Waals surface area contributed by atoms with E-state index in [2.05, 4.69) is 20.4 Å². The second-order valence-electron chi connectivity index (χ2n) is 7.91. The molecule has 0 radical (unpaired) electrons. The Balaban J connectivity index is 1.56. The summed E-state index contributed by atoms with van der Waals surface area (Å²) in [5, 5.41) is 11.7. The minimum Gasteiger partial charge on any atom is -0.406 e. The van der Waals surface area contributed by atoms with Gasteiger partial charge in [-0.05, 0) is 37.5 Å². The average molecular weight is 405 g/mol. The van der Waals surface area contributed by atoms with Crippen LogP contribution in [0.1, 0.15) is 59.1 Å². The minimum absolute atomic E-state index is 0.144. The van der Waals surface area contributed by atoms with Gasteiger partial charge in [0.1, 0.15) is 6.04 Å². The molecule has 1 aliphatic rings. The van der Waals surface area contributed by atoms with Crippen LogP contribution in [0.2, 0.25) is 0 Å². The lowest BCUT2D eigenvalue weighted by molar-refractivity contribution is 0.0930. The van der Waals surface area contributed by atoms with Crippen molar-refractivity contribution in [3.63, 3.8) is 0 Å². The number of carbonyl (C=O) groups excluding carboxylic acids is 1. The highest BCUT2D eigenvalue weighted by molar-refractivity contribution is 5.94. The molecular weight excluding hydrogens is 376 g/mol. The quantitative estimate of drug-likeness (QED) is 0.656. The summed E-state index contributed by atoms with van der Waals surface area (Å²) in [6, 6.07) is 17.8. The number of nitrogens with one attached hydrogen (secondary N) is 1. The first-order valence-electron chi connectivity index (χ1n) is 10.7. The van der Waals surface area contributed by atoms with Crippen molar-refractivity contribution in [3.05, 3.63) is 77.2 Å². The number of anilines is 1. The second-order valence-corrected chi connectivity index (χ2v) is 7.91. The fourth-order valence-electron chi connectivity index (χ4n) is 3.83. The van der Waals surface area contributed by atoms with E-state index in [9.17, 15) is 4.79 Å². The standard InChI is InChI=1S/C24H28N4O2/c1-18-10-9-13-20(16-18)22(29)25-21(17-19-11-5-4-6-12-19)23-26-27-24(30-23)28-14-7-2-3-8-15-28/h4-6,9-13,16,21H,2-3,7-8,14-15,17H2,1H3,(H,25,29)/t21-/m1/s1. The number of benzene rings is 2. The Morgan fingerprint density at radius 1 is 1.03 bits per heavy atom. The number of aryl methyl sites for hydroxylation is 1. The predicted octanol–water partition coefficient (Wildman–Crippen LogP) is 4.47. The molecule has 3 aromatic rings. The van der Waals surface area contributed by atoms with Gasteiger partial charge in [-0.2, -0.15) is 0 Å². The maximum absolute atomic E-state index is 12.9. The zero-order chi connectivity index (χ0) is 20.8. The zero-order valence-electron chi connectivity index (χ0n) is 17.4. The first-order chi connectivity index (χ1) is 14.7. The lowest BCUT2D eigenvalue weighted by Gasteiger charge is -2.18. The Hall–Kier alpha value is -3.15. The van der Waals surface area contributed by atoms with Crippen LogP contribution in [0.4, 0.5) is 6.01 Å². The van der Waals surface area contributed by atoms with E-state index in [1.165, 1.54) is 12.8 Å². The van der Waals surface area contributed by atoms with Crippen molar-refractivity contribution in [1.82, 2.24) is 15.5 Å². The molecule has 2 heterocycles.